The molecular formula is C18H20N2O2. The quantitative estimate of drug-likeness (QED) is 0.889. The van der Waals surface area contributed by atoms with Gasteiger partial charge in [0.05, 0.1) is 0 Å². The third kappa shape index (κ3) is 4.45. The molecule has 0 radical (unpaired) electrons. The highest BCUT2D eigenvalue weighted by atomic mass is 16.2. The zero-order chi connectivity index (χ0) is 15.9. The lowest BCUT2D eigenvalue weighted by Gasteiger charge is -2.09. The summed E-state index contributed by atoms with van der Waals surface area (Å²) in [5.74, 6) is 0.0646. The molecule has 2 aromatic rings. The fourth-order valence-corrected chi connectivity index (χ4v) is 1.93. The molecule has 0 fully saturated rings. The Kier molecular flexibility index (Phi) is 5.31. The van der Waals surface area contributed by atoms with Crippen LogP contribution >= 0.6 is 0 Å². The summed E-state index contributed by atoms with van der Waals surface area (Å²) >= 11 is 0. The lowest BCUT2D eigenvalue weighted by Crippen LogP contribution is -2.27. The minimum absolute atomic E-state index is 0.135. The average Bonchev–Trinajstić information content (AvgIpc) is 2.53. The number of nitrogens with one attached hydrogen (secondary N) is 2. The third-order valence-electron chi connectivity index (χ3n) is 3.09. The molecule has 0 aromatic heterocycles. The van der Waals surface area contributed by atoms with E-state index in [2.05, 4.69) is 10.6 Å². The topological polar surface area (TPSA) is 58.2 Å². The van der Waals surface area contributed by atoms with E-state index in [4.69, 9.17) is 0 Å². The summed E-state index contributed by atoms with van der Waals surface area (Å²) in [6.07, 6.45) is 0. The summed E-state index contributed by atoms with van der Waals surface area (Å²) in [5, 5.41) is 5.66. The number of amides is 2. The second-order valence-corrected chi connectivity index (χ2v) is 5.50. The van der Waals surface area contributed by atoms with E-state index in [1.807, 2.05) is 32.0 Å². The molecule has 0 saturated heterocycles. The number of rotatable bonds is 5. The van der Waals surface area contributed by atoms with Crippen molar-refractivity contribution < 1.29 is 9.59 Å². The highest BCUT2D eigenvalue weighted by molar-refractivity contribution is 6.05. The van der Waals surface area contributed by atoms with Crippen molar-refractivity contribution in [3.05, 3.63) is 65.7 Å². The molecule has 0 atom stereocenters. The molecule has 0 bridgehead atoms. The summed E-state index contributed by atoms with van der Waals surface area (Å²) in [4.78, 5) is 24.1. The Morgan fingerprint density at radius 2 is 1.59 bits per heavy atom. The molecule has 22 heavy (non-hydrogen) atoms. The van der Waals surface area contributed by atoms with Crippen molar-refractivity contribution in [2.45, 2.75) is 13.8 Å². The first-order chi connectivity index (χ1) is 10.6. The standard InChI is InChI=1S/C18H20N2O2/c1-13(2)12-19-17(21)15-9-6-10-16(11-15)20-18(22)14-7-4-3-5-8-14/h3-11,13H,12H2,1-2H3,(H,19,21)(H,20,22). The molecule has 2 aromatic carbocycles. The van der Waals surface area contributed by atoms with Gasteiger partial charge in [-0.15, -0.1) is 0 Å². The molecule has 4 heteroatoms. The summed E-state index contributed by atoms with van der Waals surface area (Å²) in [5.41, 5.74) is 1.72. The molecule has 0 aliphatic carbocycles. The highest BCUT2D eigenvalue weighted by Crippen LogP contribution is 2.12. The van der Waals surface area contributed by atoms with Crippen LogP contribution in [0.5, 0.6) is 0 Å². The number of carbonyl (C=O) groups is 2. The largest absolute Gasteiger partial charge is 0.352 e. The van der Waals surface area contributed by atoms with Crippen LogP contribution in [0.1, 0.15) is 34.6 Å². The molecular weight excluding hydrogens is 276 g/mol. The smallest absolute Gasteiger partial charge is 0.255 e. The molecule has 2 N–H and O–H groups in total. The van der Waals surface area contributed by atoms with E-state index in [1.54, 1.807) is 36.4 Å². The van der Waals surface area contributed by atoms with Gasteiger partial charge in [-0.1, -0.05) is 38.1 Å². The van der Waals surface area contributed by atoms with Gasteiger partial charge in [-0.2, -0.15) is 0 Å². The molecule has 0 unspecified atom stereocenters. The molecule has 4 nitrogen and oxygen atoms in total. The predicted octanol–water partition coefficient (Wildman–Crippen LogP) is 3.32. The van der Waals surface area contributed by atoms with E-state index in [9.17, 15) is 9.59 Å². The predicted molar refractivity (Wildman–Crippen MR) is 88.0 cm³/mol. The van der Waals surface area contributed by atoms with Gasteiger partial charge >= 0.3 is 0 Å². The van der Waals surface area contributed by atoms with E-state index < -0.39 is 0 Å². The van der Waals surface area contributed by atoms with Gasteiger partial charge in [-0.3, -0.25) is 9.59 Å². The lowest BCUT2D eigenvalue weighted by molar-refractivity contribution is 0.0947. The van der Waals surface area contributed by atoms with Crippen LogP contribution in [-0.4, -0.2) is 18.4 Å². The molecule has 0 aliphatic heterocycles. The fraction of sp³-hybridized carbons (Fsp3) is 0.222. The monoisotopic (exact) mass is 296 g/mol. The molecule has 114 valence electrons. The second-order valence-electron chi connectivity index (χ2n) is 5.50. The van der Waals surface area contributed by atoms with Crippen LogP contribution in [-0.2, 0) is 0 Å². The Labute approximate surface area is 130 Å². The van der Waals surface area contributed by atoms with Crippen molar-refractivity contribution >= 4 is 17.5 Å². The van der Waals surface area contributed by atoms with Crippen LogP contribution in [0.3, 0.4) is 0 Å². The minimum Gasteiger partial charge on any atom is -0.352 e. The van der Waals surface area contributed by atoms with Gasteiger partial charge in [-0.05, 0) is 36.2 Å². The maximum Gasteiger partial charge on any atom is 0.255 e. The normalized spacial score (nSPS) is 10.3. The number of hydrogen-bond acceptors (Lipinski definition) is 2. The van der Waals surface area contributed by atoms with Gasteiger partial charge in [0.2, 0.25) is 0 Å². The Morgan fingerprint density at radius 3 is 2.27 bits per heavy atom. The highest BCUT2D eigenvalue weighted by Gasteiger charge is 2.09. The minimum atomic E-state index is -0.194. The first kappa shape index (κ1) is 15.8. The molecule has 2 rings (SSSR count). The first-order valence-corrected chi connectivity index (χ1v) is 7.31. The van der Waals surface area contributed by atoms with Gasteiger partial charge in [0, 0.05) is 23.4 Å². The van der Waals surface area contributed by atoms with E-state index in [0.717, 1.165) is 0 Å². The van der Waals surface area contributed by atoms with Crippen LogP contribution in [0.15, 0.2) is 54.6 Å². The van der Waals surface area contributed by atoms with E-state index in [-0.39, 0.29) is 11.8 Å². The summed E-state index contributed by atoms with van der Waals surface area (Å²) in [6, 6.07) is 15.9. The van der Waals surface area contributed by atoms with Crippen LogP contribution in [0, 0.1) is 5.92 Å². The second kappa shape index (κ2) is 7.41. The van der Waals surface area contributed by atoms with Crippen LogP contribution < -0.4 is 10.6 Å². The van der Waals surface area contributed by atoms with E-state index >= 15 is 0 Å². The van der Waals surface area contributed by atoms with Crippen molar-refractivity contribution in [2.75, 3.05) is 11.9 Å². The molecule has 0 aliphatic rings. The SMILES string of the molecule is CC(C)CNC(=O)c1cccc(NC(=O)c2ccccc2)c1. The maximum absolute atomic E-state index is 12.1. The van der Waals surface area contributed by atoms with E-state index in [1.165, 1.54) is 0 Å². The maximum atomic E-state index is 12.1. The molecule has 0 heterocycles. The fourth-order valence-electron chi connectivity index (χ4n) is 1.93. The van der Waals surface area contributed by atoms with Crippen molar-refractivity contribution in [1.82, 2.24) is 5.32 Å². The van der Waals surface area contributed by atoms with Crippen LogP contribution in [0.4, 0.5) is 5.69 Å². The Bertz CT molecular complexity index is 651. The van der Waals surface area contributed by atoms with E-state index in [0.29, 0.717) is 29.3 Å². The molecule has 2 amide bonds. The average molecular weight is 296 g/mol. The van der Waals surface area contributed by atoms with Crippen LogP contribution in [0.25, 0.3) is 0 Å². The summed E-state index contributed by atoms with van der Waals surface area (Å²) in [7, 11) is 0. The Balaban J connectivity index is 2.05. The van der Waals surface area contributed by atoms with Gasteiger partial charge in [-0.25, -0.2) is 0 Å². The van der Waals surface area contributed by atoms with Crippen LogP contribution in [0.2, 0.25) is 0 Å². The van der Waals surface area contributed by atoms with Gasteiger partial charge in [0.1, 0.15) is 0 Å². The number of anilines is 1. The number of hydrogen-bond donors (Lipinski definition) is 2. The van der Waals surface area contributed by atoms with Gasteiger partial charge in [0.15, 0.2) is 0 Å². The number of benzene rings is 2. The number of carbonyl (C=O) groups excluding carboxylic acids is 2. The van der Waals surface area contributed by atoms with Gasteiger partial charge < -0.3 is 10.6 Å². The molecule has 0 spiro atoms. The Morgan fingerprint density at radius 1 is 0.909 bits per heavy atom. The Hall–Kier alpha value is -2.62. The third-order valence-corrected chi connectivity index (χ3v) is 3.09. The van der Waals surface area contributed by atoms with Crippen molar-refractivity contribution in [3.8, 4) is 0 Å². The van der Waals surface area contributed by atoms with Crippen molar-refractivity contribution in [3.63, 3.8) is 0 Å². The van der Waals surface area contributed by atoms with Crippen molar-refractivity contribution in [2.24, 2.45) is 5.92 Å². The zero-order valence-corrected chi connectivity index (χ0v) is 12.8. The van der Waals surface area contributed by atoms with Crippen molar-refractivity contribution in [1.29, 1.82) is 0 Å². The summed E-state index contributed by atoms with van der Waals surface area (Å²) < 4.78 is 0. The lowest BCUT2D eigenvalue weighted by atomic mass is 10.1. The summed E-state index contributed by atoms with van der Waals surface area (Å²) in [6.45, 7) is 4.70. The zero-order valence-electron chi connectivity index (χ0n) is 12.8. The van der Waals surface area contributed by atoms with Gasteiger partial charge in [0.25, 0.3) is 11.8 Å². The first-order valence-electron chi connectivity index (χ1n) is 7.31. The molecule has 0 saturated carbocycles.